The van der Waals surface area contributed by atoms with E-state index in [1.54, 1.807) is 17.0 Å². The summed E-state index contributed by atoms with van der Waals surface area (Å²) in [5.41, 5.74) is 7.95. The number of nitrogens with one attached hydrogen (secondary N) is 1. The average molecular weight is 462 g/mol. The van der Waals surface area contributed by atoms with Crippen LogP contribution in [-0.4, -0.2) is 42.6 Å². The number of hydrogen-bond acceptors (Lipinski definition) is 4. The van der Waals surface area contributed by atoms with Crippen molar-refractivity contribution >= 4 is 11.6 Å². The van der Waals surface area contributed by atoms with Crippen molar-refractivity contribution in [3.63, 3.8) is 0 Å². The highest BCUT2D eigenvalue weighted by atomic mass is 19.4. The van der Waals surface area contributed by atoms with E-state index in [0.717, 1.165) is 24.5 Å². The fourth-order valence-corrected chi connectivity index (χ4v) is 4.87. The molecule has 3 N–H and O–H groups in total. The molecular weight excluding hydrogens is 431 g/mol. The summed E-state index contributed by atoms with van der Waals surface area (Å²) in [6.45, 7) is 5.04. The number of amides is 1. The second-order valence-electron chi connectivity index (χ2n) is 9.06. The number of alkyl halides is 3. The van der Waals surface area contributed by atoms with Crippen LogP contribution in [0.5, 0.6) is 0 Å². The predicted molar refractivity (Wildman–Crippen MR) is 121 cm³/mol. The first kappa shape index (κ1) is 23.6. The van der Waals surface area contributed by atoms with E-state index >= 15 is 0 Å². The van der Waals surface area contributed by atoms with Crippen molar-refractivity contribution in [3.8, 4) is 0 Å². The Morgan fingerprint density at radius 3 is 2.58 bits per heavy atom. The van der Waals surface area contributed by atoms with Gasteiger partial charge in [-0.1, -0.05) is 17.7 Å². The maximum atomic E-state index is 13.3. The molecule has 2 heterocycles. The third-order valence-electron chi connectivity index (χ3n) is 6.67. The number of anilines is 1. The topological polar surface area (TPSA) is 67.6 Å². The molecule has 0 spiro atoms. The Hall–Kier alpha value is -2.58. The number of carbonyl (C=O) groups excluding carboxylic acids is 1. The molecule has 0 saturated carbocycles. The number of nitrogens with two attached hydrogens (primary N) is 1. The van der Waals surface area contributed by atoms with E-state index in [4.69, 9.17) is 10.5 Å². The van der Waals surface area contributed by atoms with E-state index in [1.165, 1.54) is 12.1 Å². The molecule has 2 aliphatic rings. The van der Waals surface area contributed by atoms with Crippen LogP contribution in [0.3, 0.4) is 0 Å². The highest BCUT2D eigenvalue weighted by Crippen LogP contribution is 2.47. The maximum absolute atomic E-state index is 13.3. The largest absolute Gasteiger partial charge is 0.416 e. The molecule has 1 saturated heterocycles. The molecule has 2 aromatic rings. The van der Waals surface area contributed by atoms with Crippen LogP contribution >= 0.6 is 0 Å². The van der Waals surface area contributed by atoms with Crippen LogP contribution in [0.15, 0.2) is 42.5 Å². The molecule has 5 nitrogen and oxygen atoms in total. The Kier molecular flexibility index (Phi) is 6.68. The molecule has 0 aromatic heterocycles. The summed E-state index contributed by atoms with van der Waals surface area (Å²) in [5, 5.41) is 3.33. The third-order valence-corrected chi connectivity index (χ3v) is 6.67. The van der Waals surface area contributed by atoms with Crippen LogP contribution < -0.4 is 11.1 Å². The van der Waals surface area contributed by atoms with Crippen molar-refractivity contribution in [3.05, 3.63) is 64.7 Å². The monoisotopic (exact) mass is 461 g/mol. The number of hydrogen-bond donors (Lipinski definition) is 2. The molecule has 33 heavy (non-hydrogen) atoms. The van der Waals surface area contributed by atoms with Gasteiger partial charge in [0.05, 0.1) is 17.8 Å². The number of fused-ring (bicyclic) bond motifs is 3. The number of nitrogens with zero attached hydrogens (tertiary/aromatic N) is 1. The molecule has 0 radical (unpaired) electrons. The quantitative estimate of drug-likeness (QED) is 0.674. The van der Waals surface area contributed by atoms with E-state index in [1.807, 2.05) is 26.0 Å². The SMILES string of the molecule is Cc1ccc(C(=O)N(CCN)C[C@H]2CC[C@H]3[C@H](C)Nc4ccc(C(F)(F)F)cc4[C@H]3O2)cc1. The lowest BCUT2D eigenvalue weighted by atomic mass is 9.79. The first-order valence-electron chi connectivity index (χ1n) is 11.4. The Labute approximate surface area is 192 Å². The molecule has 1 amide bonds. The molecule has 2 aliphatic heterocycles. The van der Waals surface area contributed by atoms with E-state index in [-0.39, 0.29) is 24.0 Å². The highest BCUT2D eigenvalue weighted by molar-refractivity contribution is 5.94. The van der Waals surface area contributed by atoms with Crippen molar-refractivity contribution in [2.75, 3.05) is 25.0 Å². The summed E-state index contributed by atoms with van der Waals surface area (Å²) in [6, 6.07) is 11.2. The third kappa shape index (κ3) is 5.01. The van der Waals surface area contributed by atoms with Crippen LogP contribution in [0.1, 0.15) is 52.9 Å². The lowest BCUT2D eigenvalue weighted by molar-refractivity contribution is -0.138. The van der Waals surface area contributed by atoms with Crippen LogP contribution in [0.2, 0.25) is 0 Å². The number of halogens is 3. The van der Waals surface area contributed by atoms with Gasteiger partial charge in [-0.3, -0.25) is 4.79 Å². The van der Waals surface area contributed by atoms with Gasteiger partial charge in [-0.25, -0.2) is 0 Å². The summed E-state index contributed by atoms with van der Waals surface area (Å²) in [6.07, 6.45) is -3.62. The van der Waals surface area contributed by atoms with E-state index in [2.05, 4.69) is 5.32 Å². The lowest BCUT2D eigenvalue weighted by Gasteiger charge is -2.45. The zero-order valence-electron chi connectivity index (χ0n) is 18.9. The normalized spacial score (nSPS) is 24.4. The highest BCUT2D eigenvalue weighted by Gasteiger charge is 2.42. The van der Waals surface area contributed by atoms with Crippen molar-refractivity contribution < 1.29 is 22.7 Å². The average Bonchev–Trinajstić information content (AvgIpc) is 2.78. The summed E-state index contributed by atoms with van der Waals surface area (Å²) >= 11 is 0. The Bertz CT molecular complexity index is 993. The number of ether oxygens (including phenoxy) is 1. The first-order valence-corrected chi connectivity index (χ1v) is 11.4. The van der Waals surface area contributed by atoms with Crippen molar-refractivity contribution in [1.29, 1.82) is 0 Å². The number of aryl methyl sites for hydroxylation is 1. The molecule has 2 aromatic carbocycles. The number of carbonyl (C=O) groups is 1. The second kappa shape index (κ2) is 9.35. The van der Waals surface area contributed by atoms with Gasteiger partial charge in [0.1, 0.15) is 0 Å². The standard InChI is InChI=1S/C25H30F3N3O2/c1-15-3-5-17(6-4-15)24(32)31(12-11-29)14-19-8-9-20-16(2)30-22-10-7-18(25(26,27)28)13-21(22)23(20)33-19/h3-7,10,13,16,19-20,23,30H,8-9,11-12,14,29H2,1-2H3/t16-,19+,20-,23-/m0/s1. The van der Waals surface area contributed by atoms with Crippen LogP contribution in [0, 0.1) is 12.8 Å². The lowest BCUT2D eigenvalue weighted by Crippen LogP contribution is -2.47. The van der Waals surface area contributed by atoms with Crippen molar-refractivity contribution in [1.82, 2.24) is 4.90 Å². The summed E-state index contributed by atoms with van der Waals surface area (Å²) < 4.78 is 46.4. The molecule has 178 valence electrons. The predicted octanol–water partition coefficient (Wildman–Crippen LogP) is 4.77. The van der Waals surface area contributed by atoms with Gasteiger partial charge in [-0.2, -0.15) is 13.2 Å². The first-order chi connectivity index (χ1) is 15.7. The van der Waals surface area contributed by atoms with Gasteiger partial charge < -0.3 is 20.7 Å². The Morgan fingerprint density at radius 1 is 1.18 bits per heavy atom. The fraction of sp³-hybridized carbons (Fsp3) is 0.480. The van der Waals surface area contributed by atoms with Crippen LogP contribution in [-0.2, 0) is 10.9 Å². The summed E-state index contributed by atoms with van der Waals surface area (Å²) in [7, 11) is 0. The summed E-state index contributed by atoms with van der Waals surface area (Å²) in [4.78, 5) is 14.8. The van der Waals surface area contributed by atoms with Crippen LogP contribution in [0.25, 0.3) is 0 Å². The fourth-order valence-electron chi connectivity index (χ4n) is 4.87. The van der Waals surface area contributed by atoms with Crippen LogP contribution in [0.4, 0.5) is 18.9 Å². The van der Waals surface area contributed by atoms with E-state index in [0.29, 0.717) is 36.4 Å². The number of benzene rings is 2. The number of rotatable bonds is 5. The Balaban J connectivity index is 1.55. The van der Waals surface area contributed by atoms with Crippen molar-refractivity contribution in [2.45, 2.75) is 51.1 Å². The Morgan fingerprint density at radius 2 is 1.91 bits per heavy atom. The summed E-state index contributed by atoms with van der Waals surface area (Å²) in [5.74, 6) is -0.0578. The maximum Gasteiger partial charge on any atom is 0.416 e. The zero-order valence-corrected chi connectivity index (χ0v) is 18.9. The van der Waals surface area contributed by atoms with Gasteiger partial charge in [0.15, 0.2) is 0 Å². The molecule has 8 heteroatoms. The second-order valence-corrected chi connectivity index (χ2v) is 9.06. The molecular formula is C25H30F3N3O2. The van der Waals surface area contributed by atoms with E-state index < -0.39 is 17.8 Å². The van der Waals surface area contributed by atoms with Gasteiger partial charge in [-0.05, 0) is 57.0 Å². The minimum Gasteiger partial charge on any atom is -0.382 e. The van der Waals surface area contributed by atoms with Gasteiger partial charge in [0, 0.05) is 48.4 Å². The minimum absolute atomic E-state index is 0.0630. The molecule has 1 fully saturated rings. The zero-order chi connectivity index (χ0) is 23.8. The van der Waals surface area contributed by atoms with Gasteiger partial charge >= 0.3 is 6.18 Å². The molecule has 0 aliphatic carbocycles. The molecule has 4 rings (SSSR count). The molecule has 4 atom stereocenters. The van der Waals surface area contributed by atoms with Gasteiger partial charge in [-0.15, -0.1) is 0 Å². The van der Waals surface area contributed by atoms with Gasteiger partial charge in [0.2, 0.25) is 0 Å². The molecule has 0 unspecified atom stereocenters. The van der Waals surface area contributed by atoms with E-state index in [9.17, 15) is 18.0 Å². The van der Waals surface area contributed by atoms with Gasteiger partial charge in [0.25, 0.3) is 5.91 Å². The minimum atomic E-state index is -4.42. The molecule has 0 bridgehead atoms. The van der Waals surface area contributed by atoms with Crippen molar-refractivity contribution in [2.24, 2.45) is 11.7 Å². The smallest absolute Gasteiger partial charge is 0.382 e.